The second-order valence-electron chi connectivity index (χ2n) is 5.37. The minimum absolute atomic E-state index is 0.0146. The van der Waals surface area contributed by atoms with Gasteiger partial charge in [0.2, 0.25) is 6.79 Å². The van der Waals surface area contributed by atoms with Crippen LogP contribution in [0.4, 0.5) is 10.5 Å². The highest BCUT2D eigenvalue weighted by Gasteiger charge is 2.19. The molecule has 1 aromatic heterocycles. The normalized spacial score (nSPS) is 13.4. The van der Waals surface area contributed by atoms with Crippen LogP contribution in [0.2, 0.25) is 0 Å². The van der Waals surface area contributed by atoms with E-state index in [4.69, 9.17) is 14.2 Å². The van der Waals surface area contributed by atoms with E-state index in [0.29, 0.717) is 29.5 Å². The number of carbonyl (C=O) groups is 1. The van der Waals surface area contributed by atoms with Crippen molar-refractivity contribution in [1.29, 1.82) is 0 Å². The number of methoxy groups -OCH3 is 1. The van der Waals surface area contributed by atoms with Crippen molar-refractivity contribution in [3.05, 3.63) is 30.9 Å². The van der Waals surface area contributed by atoms with E-state index in [1.807, 2.05) is 17.7 Å². The molecule has 1 aliphatic heterocycles. The first-order chi connectivity index (χ1) is 11.7. The van der Waals surface area contributed by atoms with Gasteiger partial charge in [0.05, 0.1) is 19.1 Å². The molecule has 3 rings (SSSR count). The van der Waals surface area contributed by atoms with Gasteiger partial charge in [-0.15, -0.1) is 0 Å². The molecule has 1 aliphatic rings. The summed E-state index contributed by atoms with van der Waals surface area (Å²) in [5.41, 5.74) is 0.525. The molecule has 2 heterocycles. The number of anilines is 1. The molecule has 8 nitrogen and oxygen atoms in total. The molecule has 1 atom stereocenters. The van der Waals surface area contributed by atoms with Gasteiger partial charge in [-0.3, -0.25) is 0 Å². The molecule has 0 saturated carbocycles. The van der Waals surface area contributed by atoms with Gasteiger partial charge in [-0.05, 0) is 6.42 Å². The predicted molar refractivity (Wildman–Crippen MR) is 87.6 cm³/mol. The largest absolute Gasteiger partial charge is 0.494 e. The molecule has 0 saturated heterocycles. The van der Waals surface area contributed by atoms with Crippen LogP contribution in [0, 0.1) is 0 Å². The maximum Gasteiger partial charge on any atom is 0.319 e. The van der Waals surface area contributed by atoms with Crippen LogP contribution in [0.1, 0.15) is 13.3 Å². The Balaban J connectivity index is 1.65. The van der Waals surface area contributed by atoms with E-state index >= 15 is 0 Å². The monoisotopic (exact) mass is 332 g/mol. The van der Waals surface area contributed by atoms with Crippen LogP contribution in [-0.4, -0.2) is 35.5 Å². The van der Waals surface area contributed by atoms with Crippen LogP contribution in [0.25, 0.3) is 0 Å². The minimum atomic E-state index is -0.306. The lowest BCUT2D eigenvalue weighted by atomic mass is 10.2. The van der Waals surface area contributed by atoms with E-state index in [0.717, 1.165) is 6.42 Å². The summed E-state index contributed by atoms with van der Waals surface area (Å²) in [5.74, 6) is 1.69. The number of benzene rings is 1. The molecule has 2 amide bonds. The van der Waals surface area contributed by atoms with Crippen molar-refractivity contribution in [3.8, 4) is 17.2 Å². The molecule has 128 valence electrons. The van der Waals surface area contributed by atoms with Crippen LogP contribution in [-0.2, 0) is 6.54 Å². The Morgan fingerprint density at radius 2 is 2.21 bits per heavy atom. The quantitative estimate of drug-likeness (QED) is 0.847. The number of nitrogens with zero attached hydrogens (tertiary/aromatic N) is 2. The molecule has 0 aliphatic carbocycles. The molecule has 8 heteroatoms. The Morgan fingerprint density at radius 3 is 2.88 bits per heavy atom. The average Bonchev–Trinajstić information content (AvgIpc) is 3.24. The number of urea groups is 1. The number of imidazole rings is 1. The Hall–Kier alpha value is -2.90. The Labute approximate surface area is 139 Å². The number of aromatic nitrogens is 2. The van der Waals surface area contributed by atoms with Crippen molar-refractivity contribution < 1.29 is 19.0 Å². The highest BCUT2D eigenvalue weighted by molar-refractivity contribution is 5.91. The second-order valence-corrected chi connectivity index (χ2v) is 5.37. The first-order valence-corrected chi connectivity index (χ1v) is 7.70. The maximum absolute atomic E-state index is 12.3. The van der Waals surface area contributed by atoms with Crippen molar-refractivity contribution in [2.24, 2.45) is 0 Å². The number of nitrogens with one attached hydrogen (secondary N) is 2. The number of ether oxygens (including phenoxy) is 3. The van der Waals surface area contributed by atoms with Gasteiger partial charge in [-0.2, -0.15) is 0 Å². The number of hydrogen-bond donors (Lipinski definition) is 2. The number of hydrogen-bond acceptors (Lipinski definition) is 5. The van der Waals surface area contributed by atoms with E-state index in [9.17, 15) is 4.79 Å². The second kappa shape index (κ2) is 7.12. The van der Waals surface area contributed by atoms with Gasteiger partial charge in [0, 0.05) is 37.1 Å². The first kappa shape index (κ1) is 16.0. The van der Waals surface area contributed by atoms with Crippen molar-refractivity contribution in [1.82, 2.24) is 14.9 Å². The lowest BCUT2D eigenvalue weighted by Gasteiger charge is -2.18. The van der Waals surface area contributed by atoms with Crippen LogP contribution in [0.3, 0.4) is 0 Å². The Bertz CT molecular complexity index is 702. The molecule has 2 N–H and O–H groups in total. The topological polar surface area (TPSA) is 86.6 Å². The van der Waals surface area contributed by atoms with E-state index in [1.165, 1.54) is 7.11 Å². The molecule has 0 spiro atoms. The van der Waals surface area contributed by atoms with Crippen molar-refractivity contribution in [2.45, 2.75) is 25.9 Å². The molecule has 0 unspecified atom stereocenters. The third-order valence-corrected chi connectivity index (χ3v) is 3.76. The maximum atomic E-state index is 12.3. The van der Waals surface area contributed by atoms with Crippen LogP contribution < -0.4 is 24.8 Å². The van der Waals surface area contributed by atoms with Gasteiger partial charge in [0.1, 0.15) is 5.75 Å². The van der Waals surface area contributed by atoms with E-state index < -0.39 is 0 Å². The Kier molecular flexibility index (Phi) is 4.74. The molecule has 2 aromatic rings. The number of amides is 2. The lowest BCUT2D eigenvalue weighted by molar-refractivity contribution is 0.174. The molecular weight excluding hydrogens is 312 g/mol. The summed E-state index contributed by atoms with van der Waals surface area (Å²) >= 11 is 0. The smallest absolute Gasteiger partial charge is 0.319 e. The SMILES string of the molecule is CC[C@H](Cn1ccnc1)NC(=O)Nc1cc2c(cc1OC)OCO2. The molecular formula is C16H20N4O4. The van der Waals surface area contributed by atoms with Crippen LogP contribution in [0.15, 0.2) is 30.9 Å². The van der Waals surface area contributed by atoms with E-state index in [2.05, 4.69) is 15.6 Å². The molecule has 0 bridgehead atoms. The third kappa shape index (κ3) is 3.53. The van der Waals surface area contributed by atoms with Gasteiger partial charge in [-0.1, -0.05) is 6.92 Å². The summed E-state index contributed by atoms with van der Waals surface area (Å²) in [4.78, 5) is 16.3. The molecule has 1 aromatic carbocycles. The Morgan fingerprint density at radius 1 is 1.42 bits per heavy atom. The van der Waals surface area contributed by atoms with Gasteiger partial charge < -0.3 is 29.4 Å². The summed E-state index contributed by atoms with van der Waals surface area (Å²) in [6.07, 6.45) is 6.10. The van der Waals surface area contributed by atoms with E-state index in [1.54, 1.807) is 24.7 Å². The lowest BCUT2D eigenvalue weighted by Crippen LogP contribution is -2.40. The molecule has 24 heavy (non-hydrogen) atoms. The summed E-state index contributed by atoms with van der Waals surface area (Å²) in [6, 6.07) is 3.07. The molecule has 0 radical (unpaired) electrons. The minimum Gasteiger partial charge on any atom is -0.494 e. The fraction of sp³-hybridized carbons (Fsp3) is 0.375. The predicted octanol–water partition coefficient (Wildman–Crippen LogP) is 2.22. The van der Waals surface area contributed by atoms with Crippen LogP contribution >= 0.6 is 0 Å². The standard InChI is InChI=1S/C16H20N4O4/c1-3-11(8-20-5-4-17-9-20)18-16(21)19-12-6-14-15(24-10-23-14)7-13(12)22-2/h4-7,9,11H,3,8,10H2,1-2H3,(H2,18,19,21)/t11-/m1/s1. The van der Waals surface area contributed by atoms with Gasteiger partial charge >= 0.3 is 6.03 Å². The first-order valence-electron chi connectivity index (χ1n) is 7.70. The number of rotatable bonds is 6. The zero-order chi connectivity index (χ0) is 16.9. The fourth-order valence-corrected chi connectivity index (χ4v) is 2.46. The summed E-state index contributed by atoms with van der Waals surface area (Å²) in [7, 11) is 1.54. The van der Waals surface area contributed by atoms with Crippen molar-refractivity contribution in [2.75, 3.05) is 19.2 Å². The van der Waals surface area contributed by atoms with Gasteiger partial charge in [0.25, 0.3) is 0 Å². The van der Waals surface area contributed by atoms with E-state index in [-0.39, 0.29) is 18.9 Å². The van der Waals surface area contributed by atoms with Crippen molar-refractivity contribution in [3.63, 3.8) is 0 Å². The molecule has 0 fully saturated rings. The zero-order valence-corrected chi connectivity index (χ0v) is 13.6. The number of fused-ring (bicyclic) bond motifs is 1. The average molecular weight is 332 g/mol. The number of carbonyl (C=O) groups excluding carboxylic acids is 1. The van der Waals surface area contributed by atoms with Gasteiger partial charge in [-0.25, -0.2) is 9.78 Å². The van der Waals surface area contributed by atoms with Gasteiger partial charge in [0.15, 0.2) is 11.5 Å². The van der Waals surface area contributed by atoms with Crippen molar-refractivity contribution >= 4 is 11.7 Å². The highest BCUT2D eigenvalue weighted by atomic mass is 16.7. The third-order valence-electron chi connectivity index (χ3n) is 3.76. The zero-order valence-electron chi connectivity index (χ0n) is 13.6. The summed E-state index contributed by atoms with van der Waals surface area (Å²) in [6.45, 7) is 2.84. The highest BCUT2D eigenvalue weighted by Crippen LogP contribution is 2.40. The fourth-order valence-electron chi connectivity index (χ4n) is 2.46. The summed E-state index contributed by atoms with van der Waals surface area (Å²) < 4.78 is 17.9. The summed E-state index contributed by atoms with van der Waals surface area (Å²) in [5, 5.41) is 5.75. The van der Waals surface area contributed by atoms with Crippen LogP contribution in [0.5, 0.6) is 17.2 Å².